The van der Waals surface area contributed by atoms with E-state index in [1.807, 2.05) is 19.1 Å². The van der Waals surface area contributed by atoms with Crippen molar-refractivity contribution in [1.29, 1.82) is 0 Å². The molecule has 12 heavy (non-hydrogen) atoms. The van der Waals surface area contributed by atoms with Gasteiger partial charge in [0.2, 0.25) is 0 Å². The van der Waals surface area contributed by atoms with Crippen molar-refractivity contribution in [1.82, 2.24) is 0 Å². The second-order valence-electron chi connectivity index (χ2n) is 2.93. The number of nitrogens with two attached hydrogens (primary N) is 1. The number of hydrogen-bond donors (Lipinski definition) is 2. The third-order valence-corrected chi connectivity index (χ3v) is 2.85. The van der Waals surface area contributed by atoms with Crippen LogP contribution in [-0.2, 0) is 6.42 Å². The van der Waals surface area contributed by atoms with Gasteiger partial charge in [0.1, 0.15) is 5.75 Å². The number of hydrogen-bond acceptors (Lipinski definition) is 2. The molecule has 0 aromatic heterocycles. The lowest BCUT2D eigenvalue weighted by Gasteiger charge is -2.08. The van der Waals surface area contributed by atoms with E-state index in [1.54, 1.807) is 6.07 Å². The van der Waals surface area contributed by atoms with Crippen LogP contribution in [0.25, 0.3) is 0 Å². The fourth-order valence-corrected chi connectivity index (χ4v) is 1.65. The Morgan fingerprint density at radius 1 is 1.58 bits per heavy atom. The molecule has 3 N–H and O–H groups in total. The summed E-state index contributed by atoms with van der Waals surface area (Å²) < 4.78 is 0.910. The SMILES string of the molecule is CC(N)Cc1cccc(O)c1I. The second kappa shape index (κ2) is 4.09. The van der Waals surface area contributed by atoms with Gasteiger partial charge >= 0.3 is 0 Å². The number of benzene rings is 1. The number of halogens is 1. The van der Waals surface area contributed by atoms with Gasteiger partial charge in [-0.15, -0.1) is 0 Å². The molecule has 0 spiro atoms. The Balaban J connectivity index is 2.92. The van der Waals surface area contributed by atoms with Crippen LogP contribution in [0.1, 0.15) is 12.5 Å². The first-order valence-corrected chi connectivity index (χ1v) is 4.91. The van der Waals surface area contributed by atoms with Crippen molar-refractivity contribution in [3.05, 3.63) is 27.3 Å². The monoisotopic (exact) mass is 277 g/mol. The van der Waals surface area contributed by atoms with E-state index in [4.69, 9.17) is 5.73 Å². The topological polar surface area (TPSA) is 46.2 Å². The molecular formula is C9H12INO. The molecule has 66 valence electrons. The lowest BCUT2D eigenvalue weighted by molar-refractivity contribution is 0.470. The van der Waals surface area contributed by atoms with E-state index in [9.17, 15) is 5.11 Å². The predicted molar refractivity (Wildman–Crippen MR) is 58.2 cm³/mol. The Morgan fingerprint density at radius 2 is 2.25 bits per heavy atom. The van der Waals surface area contributed by atoms with Gasteiger partial charge in [-0.3, -0.25) is 0 Å². The average molecular weight is 277 g/mol. The van der Waals surface area contributed by atoms with Gasteiger partial charge in [0.05, 0.1) is 3.57 Å². The lowest BCUT2D eigenvalue weighted by atomic mass is 10.1. The Labute approximate surface area is 85.9 Å². The van der Waals surface area contributed by atoms with E-state index in [2.05, 4.69) is 22.6 Å². The molecule has 0 aliphatic rings. The van der Waals surface area contributed by atoms with Crippen molar-refractivity contribution in [2.45, 2.75) is 19.4 Å². The highest BCUT2D eigenvalue weighted by atomic mass is 127. The van der Waals surface area contributed by atoms with Crippen LogP contribution in [0.5, 0.6) is 5.75 Å². The smallest absolute Gasteiger partial charge is 0.129 e. The molecule has 2 nitrogen and oxygen atoms in total. The van der Waals surface area contributed by atoms with E-state index >= 15 is 0 Å². The molecule has 1 rings (SSSR count). The maximum Gasteiger partial charge on any atom is 0.129 e. The molecule has 0 bridgehead atoms. The number of phenols is 1. The fourth-order valence-electron chi connectivity index (χ4n) is 1.07. The summed E-state index contributed by atoms with van der Waals surface area (Å²) in [6.45, 7) is 1.96. The minimum atomic E-state index is 0.139. The summed E-state index contributed by atoms with van der Waals surface area (Å²) in [4.78, 5) is 0. The highest BCUT2D eigenvalue weighted by Crippen LogP contribution is 2.23. The normalized spacial score (nSPS) is 12.9. The van der Waals surface area contributed by atoms with Crippen LogP contribution in [0.4, 0.5) is 0 Å². The van der Waals surface area contributed by atoms with E-state index in [0.29, 0.717) is 5.75 Å². The van der Waals surface area contributed by atoms with Gasteiger partial charge in [-0.2, -0.15) is 0 Å². The molecule has 1 atom stereocenters. The molecule has 1 aromatic carbocycles. The standard InChI is InChI=1S/C9H12INO/c1-6(11)5-7-3-2-4-8(12)9(7)10/h2-4,6,12H,5,11H2,1H3. The molecule has 0 saturated carbocycles. The summed E-state index contributed by atoms with van der Waals surface area (Å²) in [5.41, 5.74) is 6.77. The Morgan fingerprint density at radius 3 is 2.83 bits per heavy atom. The van der Waals surface area contributed by atoms with Crippen molar-refractivity contribution in [2.24, 2.45) is 5.73 Å². The maximum absolute atomic E-state index is 9.36. The number of rotatable bonds is 2. The number of phenolic OH excluding ortho intramolecular Hbond substituents is 1. The van der Waals surface area contributed by atoms with Gasteiger partial charge in [0.15, 0.2) is 0 Å². The van der Waals surface area contributed by atoms with Crippen LogP contribution in [0.2, 0.25) is 0 Å². The Kier molecular flexibility index (Phi) is 3.34. The van der Waals surface area contributed by atoms with Crippen LogP contribution >= 0.6 is 22.6 Å². The molecule has 0 heterocycles. The van der Waals surface area contributed by atoms with Crippen LogP contribution in [0.3, 0.4) is 0 Å². The van der Waals surface area contributed by atoms with Crippen LogP contribution in [0, 0.1) is 3.57 Å². The first kappa shape index (κ1) is 9.80. The lowest BCUT2D eigenvalue weighted by Crippen LogP contribution is -2.18. The average Bonchev–Trinajstić information content (AvgIpc) is 1.98. The summed E-state index contributed by atoms with van der Waals surface area (Å²) >= 11 is 2.13. The van der Waals surface area contributed by atoms with Gasteiger partial charge in [-0.1, -0.05) is 12.1 Å². The zero-order valence-corrected chi connectivity index (χ0v) is 9.08. The molecule has 1 unspecified atom stereocenters. The Hall–Kier alpha value is -0.290. The highest BCUT2D eigenvalue weighted by Gasteiger charge is 2.05. The molecule has 0 amide bonds. The summed E-state index contributed by atoms with van der Waals surface area (Å²) in [5.74, 6) is 0.341. The first-order valence-electron chi connectivity index (χ1n) is 3.83. The second-order valence-corrected chi connectivity index (χ2v) is 4.01. The molecule has 1 aromatic rings. The summed E-state index contributed by atoms with van der Waals surface area (Å²) in [6, 6.07) is 5.66. The molecule has 0 aliphatic carbocycles. The van der Waals surface area contributed by atoms with Crippen LogP contribution < -0.4 is 5.73 Å². The zero-order chi connectivity index (χ0) is 9.14. The quantitative estimate of drug-likeness (QED) is 0.811. The first-order chi connectivity index (χ1) is 5.61. The predicted octanol–water partition coefficient (Wildman–Crippen LogP) is 1.89. The summed E-state index contributed by atoms with van der Waals surface area (Å²) in [5, 5.41) is 9.36. The number of aromatic hydroxyl groups is 1. The zero-order valence-electron chi connectivity index (χ0n) is 6.92. The van der Waals surface area contributed by atoms with Crippen molar-refractivity contribution in [2.75, 3.05) is 0 Å². The van der Waals surface area contributed by atoms with E-state index < -0.39 is 0 Å². The van der Waals surface area contributed by atoms with E-state index in [0.717, 1.165) is 15.6 Å². The van der Waals surface area contributed by atoms with Gasteiger partial charge in [0.25, 0.3) is 0 Å². The van der Waals surface area contributed by atoms with Crippen molar-refractivity contribution in [3.8, 4) is 5.75 Å². The van der Waals surface area contributed by atoms with Crippen LogP contribution in [0.15, 0.2) is 18.2 Å². The molecule has 0 aliphatic heterocycles. The third kappa shape index (κ3) is 2.35. The van der Waals surface area contributed by atoms with E-state index in [-0.39, 0.29) is 6.04 Å². The molecule has 3 heteroatoms. The van der Waals surface area contributed by atoms with Crippen molar-refractivity contribution in [3.63, 3.8) is 0 Å². The minimum absolute atomic E-state index is 0.139. The molecule has 0 fully saturated rings. The molecule has 0 radical (unpaired) electrons. The Bertz CT molecular complexity index is 273. The third-order valence-electron chi connectivity index (χ3n) is 1.60. The van der Waals surface area contributed by atoms with E-state index in [1.165, 1.54) is 0 Å². The van der Waals surface area contributed by atoms with Gasteiger partial charge in [-0.05, 0) is 47.6 Å². The van der Waals surface area contributed by atoms with Gasteiger partial charge in [0, 0.05) is 6.04 Å². The molecular weight excluding hydrogens is 265 g/mol. The highest BCUT2D eigenvalue weighted by molar-refractivity contribution is 14.1. The van der Waals surface area contributed by atoms with Crippen LogP contribution in [-0.4, -0.2) is 11.1 Å². The minimum Gasteiger partial charge on any atom is -0.507 e. The fraction of sp³-hybridized carbons (Fsp3) is 0.333. The van der Waals surface area contributed by atoms with Crippen molar-refractivity contribution >= 4 is 22.6 Å². The van der Waals surface area contributed by atoms with Gasteiger partial charge < -0.3 is 10.8 Å². The summed E-state index contributed by atoms with van der Waals surface area (Å²) in [6.07, 6.45) is 0.812. The molecule has 0 saturated heterocycles. The summed E-state index contributed by atoms with van der Waals surface area (Å²) in [7, 11) is 0. The largest absolute Gasteiger partial charge is 0.507 e. The van der Waals surface area contributed by atoms with Crippen molar-refractivity contribution < 1.29 is 5.11 Å². The van der Waals surface area contributed by atoms with Gasteiger partial charge in [-0.25, -0.2) is 0 Å². The maximum atomic E-state index is 9.36.